The Bertz CT molecular complexity index is 586. The van der Waals surface area contributed by atoms with Gasteiger partial charge in [0.1, 0.15) is 5.76 Å². The van der Waals surface area contributed by atoms with Gasteiger partial charge in [0.2, 0.25) is 0 Å². The molecule has 0 amide bonds. The first kappa shape index (κ1) is 12.7. The fraction of sp³-hybridized carbons (Fsp3) is 0.500. The lowest BCUT2D eigenvalue weighted by Crippen LogP contribution is -2.23. The Morgan fingerprint density at radius 2 is 2.21 bits per heavy atom. The van der Waals surface area contributed by atoms with Crippen molar-refractivity contribution >= 4 is 11.0 Å². The third-order valence-corrected chi connectivity index (χ3v) is 3.85. The van der Waals surface area contributed by atoms with Crippen molar-refractivity contribution in [3.8, 4) is 0 Å². The Balaban J connectivity index is 1.96. The molecular formula is C16H20FNO. The Hall–Kier alpha value is -1.35. The number of halogens is 1. The van der Waals surface area contributed by atoms with Crippen molar-refractivity contribution in [1.82, 2.24) is 5.32 Å². The SMILES string of the molecule is CCCNC(c1cc2ccc(C)c(F)c2o1)C1CC1. The summed E-state index contributed by atoms with van der Waals surface area (Å²) < 4.78 is 19.8. The highest BCUT2D eigenvalue weighted by atomic mass is 19.1. The van der Waals surface area contributed by atoms with Crippen molar-refractivity contribution in [2.45, 2.75) is 39.2 Å². The molecule has 1 saturated carbocycles. The molecule has 3 rings (SSSR count). The maximum atomic E-state index is 14.0. The Kier molecular flexibility index (Phi) is 3.31. The molecule has 1 atom stereocenters. The van der Waals surface area contributed by atoms with E-state index in [1.807, 2.05) is 18.2 Å². The Morgan fingerprint density at radius 1 is 1.42 bits per heavy atom. The van der Waals surface area contributed by atoms with Gasteiger partial charge in [0.05, 0.1) is 6.04 Å². The summed E-state index contributed by atoms with van der Waals surface area (Å²) in [6.07, 6.45) is 3.57. The molecule has 0 radical (unpaired) electrons. The molecule has 1 N–H and O–H groups in total. The predicted molar refractivity (Wildman–Crippen MR) is 74.7 cm³/mol. The van der Waals surface area contributed by atoms with Crippen LogP contribution in [0.25, 0.3) is 11.0 Å². The summed E-state index contributed by atoms with van der Waals surface area (Å²) in [5, 5.41) is 4.39. The average molecular weight is 261 g/mol. The summed E-state index contributed by atoms with van der Waals surface area (Å²) in [6, 6.07) is 5.98. The Labute approximate surface area is 113 Å². The van der Waals surface area contributed by atoms with Crippen molar-refractivity contribution in [2.75, 3.05) is 6.54 Å². The van der Waals surface area contributed by atoms with Gasteiger partial charge in [0.25, 0.3) is 0 Å². The van der Waals surface area contributed by atoms with Gasteiger partial charge in [0, 0.05) is 5.39 Å². The Morgan fingerprint density at radius 3 is 2.89 bits per heavy atom. The molecule has 1 aromatic heterocycles. The normalized spacial score (nSPS) is 17.0. The van der Waals surface area contributed by atoms with Gasteiger partial charge in [-0.25, -0.2) is 4.39 Å². The van der Waals surface area contributed by atoms with Crippen LogP contribution in [-0.2, 0) is 0 Å². The van der Waals surface area contributed by atoms with Crippen LogP contribution in [0.2, 0.25) is 0 Å². The van der Waals surface area contributed by atoms with E-state index >= 15 is 0 Å². The molecule has 1 aliphatic rings. The van der Waals surface area contributed by atoms with Gasteiger partial charge in [-0.3, -0.25) is 0 Å². The largest absolute Gasteiger partial charge is 0.456 e. The molecule has 0 aliphatic heterocycles. The topological polar surface area (TPSA) is 25.2 Å². The lowest BCUT2D eigenvalue weighted by atomic mass is 10.1. The highest BCUT2D eigenvalue weighted by Crippen LogP contribution is 2.42. The van der Waals surface area contributed by atoms with E-state index in [2.05, 4.69) is 12.2 Å². The van der Waals surface area contributed by atoms with E-state index in [0.29, 0.717) is 17.1 Å². The number of rotatable bonds is 5. The van der Waals surface area contributed by atoms with E-state index < -0.39 is 0 Å². The van der Waals surface area contributed by atoms with Gasteiger partial charge in [-0.15, -0.1) is 0 Å². The molecule has 1 heterocycles. The number of fused-ring (bicyclic) bond motifs is 1. The second-order valence-corrected chi connectivity index (χ2v) is 5.53. The molecule has 1 fully saturated rings. The van der Waals surface area contributed by atoms with E-state index in [1.54, 1.807) is 6.92 Å². The quantitative estimate of drug-likeness (QED) is 0.866. The van der Waals surface area contributed by atoms with E-state index in [-0.39, 0.29) is 11.9 Å². The molecular weight excluding hydrogens is 241 g/mol. The molecule has 3 heteroatoms. The first-order chi connectivity index (χ1) is 9.20. The minimum Gasteiger partial charge on any atom is -0.456 e. The second-order valence-electron chi connectivity index (χ2n) is 5.53. The lowest BCUT2D eigenvalue weighted by molar-refractivity contribution is 0.392. The van der Waals surface area contributed by atoms with Crippen molar-refractivity contribution in [3.05, 3.63) is 35.3 Å². The summed E-state index contributed by atoms with van der Waals surface area (Å²) in [4.78, 5) is 0. The van der Waals surface area contributed by atoms with Crippen LogP contribution in [0.4, 0.5) is 4.39 Å². The smallest absolute Gasteiger partial charge is 0.170 e. The molecule has 102 valence electrons. The van der Waals surface area contributed by atoms with Crippen molar-refractivity contribution in [2.24, 2.45) is 5.92 Å². The zero-order valence-corrected chi connectivity index (χ0v) is 11.5. The van der Waals surface area contributed by atoms with Crippen LogP contribution in [0.15, 0.2) is 22.6 Å². The highest BCUT2D eigenvalue weighted by molar-refractivity contribution is 5.79. The summed E-state index contributed by atoms with van der Waals surface area (Å²) in [5.74, 6) is 1.31. The number of benzene rings is 1. The van der Waals surface area contributed by atoms with Gasteiger partial charge in [-0.2, -0.15) is 0 Å². The maximum Gasteiger partial charge on any atom is 0.170 e. The number of nitrogens with one attached hydrogen (secondary N) is 1. The summed E-state index contributed by atoms with van der Waals surface area (Å²) >= 11 is 0. The van der Waals surface area contributed by atoms with Crippen LogP contribution in [0.1, 0.15) is 43.6 Å². The van der Waals surface area contributed by atoms with E-state index in [4.69, 9.17) is 4.42 Å². The highest BCUT2D eigenvalue weighted by Gasteiger charge is 2.34. The number of hydrogen-bond donors (Lipinski definition) is 1. The molecule has 1 aliphatic carbocycles. The summed E-state index contributed by atoms with van der Waals surface area (Å²) in [6.45, 7) is 4.89. The van der Waals surface area contributed by atoms with E-state index in [1.165, 1.54) is 12.8 Å². The van der Waals surface area contributed by atoms with Crippen molar-refractivity contribution < 1.29 is 8.81 Å². The molecule has 1 unspecified atom stereocenters. The lowest BCUT2D eigenvalue weighted by Gasteiger charge is -2.14. The monoisotopic (exact) mass is 261 g/mol. The van der Waals surface area contributed by atoms with Crippen LogP contribution in [-0.4, -0.2) is 6.54 Å². The van der Waals surface area contributed by atoms with Gasteiger partial charge in [0.15, 0.2) is 11.4 Å². The van der Waals surface area contributed by atoms with Crippen LogP contribution in [0.5, 0.6) is 0 Å². The number of aryl methyl sites for hydroxylation is 1. The van der Waals surface area contributed by atoms with Gasteiger partial charge < -0.3 is 9.73 Å². The van der Waals surface area contributed by atoms with Crippen LogP contribution < -0.4 is 5.32 Å². The third kappa shape index (κ3) is 2.39. The zero-order chi connectivity index (χ0) is 13.4. The minimum atomic E-state index is -0.228. The minimum absolute atomic E-state index is 0.228. The molecule has 0 bridgehead atoms. The third-order valence-electron chi connectivity index (χ3n) is 3.85. The summed E-state index contributed by atoms with van der Waals surface area (Å²) in [5.41, 5.74) is 1.04. The number of furan rings is 1. The molecule has 1 aromatic carbocycles. The van der Waals surface area contributed by atoms with Crippen LogP contribution >= 0.6 is 0 Å². The second kappa shape index (κ2) is 4.97. The van der Waals surface area contributed by atoms with E-state index in [9.17, 15) is 4.39 Å². The fourth-order valence-electron chi connectivity index (χ4n) is 2.57. The van der Waals surface area contributed by atoms with E-state index in [0.717, 1.165) is 24.1 Å². The van der Waals surface area contributed by atoms with Crippen molar-refractivity contribution in [3.63, 3.8) is 0 Å². The maximum absolute atomic E-state index is 14.0. The van der Waals surface area contributed by atoms with Crippen molar-refractivity contribution in [1.29, 1.82) is 0 Å². The molecule has 2 aromatic rings. The van der Waals surface area contributed by atoms with Crippen LogP contribution in [0, 0.1) is 18.7 Å². The molecule has 0 saturated heterocycles. The fourth-order valence-corrected chi connectivity index (χ4v) is 2.57. The molecule has 2 nitrogen and oxygen atoms in total. The molecule has 19 heavy (non-hydrogen) atoms. The average Bonchev–Trinajstić information content (AvgIpc) is 3.14. The molecule has 0 spiro atoms. The van der Waals surface area contributed by atoms with Crippen LogP contribution in [0.3, 0.4) is 0 Å². The standard InChI is InChI=1S/C16H20FNO/c1-3-8-18-15(11-6-7-11)13-9-12-5-4-10(2)14(17)16(12)19-13/h4-5,9,11,15,18H,3,6-8H2,1-2H3. The van der Waals surface area contributed by atoms with Gasteiger partial charge in [-0.05, 0) is 50.3 Å². The van der Waals surface area contributed by atoms with Gasteiger partial charge in [-0.1, -0.05) is 19.1 Å². The predicted octanol–water partition coefficient (Wildman–Crippen LogP) is 4.33. The first-order valence-electron chi connectivity index (χ1n) is 7.12. The summed E-state index contributed by atoms with van der Waals surface area (Å²) in [7, 11) is 0. The number of hydrogen-bond acceptors (Lipinski definition) is 2. The zero-order valence-electron chi connectivity index (χ0n) is 11.5. The van der Waals surface area contributed by atoms with Gasteiger partial charge >= 0.3 is 0 Å². The first-order valence-corrected chi connectivity index (χ1v) is 7.12.